The lowest BCUT2D eigenvalue weighted by molar-refractivity contribution is 1.47. The Morgan fingerprint density at radius 1 is 1.00 bits per heavy atom. The van der Waals surface area contributed by atoms with Gasteiger partial charge in [-0.3, -0.25) is 0 Å². The predicted molar refractivity (Wildman–Crippen MR) is 80.7 cm³/mol. The summed E-state index contributed by atoms with van der Waals surface area (Å²) in [5, 5.41) is 2.85. The van der Waals surface area contributed by atoms with Gasteiger partial charge in [-0.2, -0.15) is 0 Å². The van der Waals surface area contributed by atoms with Crippen LogP contribution in [-0.2, 0) is 0 Å². The predicted octanol–water partition coefficient (Wildman–Crippen LogP) is 5.83. The van der Waals surface area contributed by atoms with Gasteiger partial charge in [-0.1, -0.05) is 53.7 Å². The summed E-state index contributed by atoms with van der Waals surface area (Å²) in [4.78, 5) is 1.17. The number of rotatable bonds is 3. The van der Waals surface area contributed by atoms with Crippen molar-refractivity contribution in [1.29, 1.82) is 0 Å². The molecule has 0 saturated carbocycles. The highest BCUT2D eigenvalue weighted by Crippen LogP contribution is 2.29. The highest BCUT2D eigenvalue weighted by molar-refractivity contribution is 9.15. The average molecular weight is 326 g/mol. The summed E-state index contributed by atoms with van der Waals surface area (Å²) in [6, 6.07) is 18.0. The molecule has 0 fully saturated rings. The van der Waals surface area contributed by atoms with Crippen molar-refractivity contribution in [3.63, 3.8) is 0 Å². The highest BCUT2D eigenvalue weighted by atomic mass is 79.9. The van der Waals surface area contributed by atoms with E-state index in [9.17, 15) is 0 Å². The van der Waals surface area contributed by atoms with Crippen molar-refractivity contribution in [3.8, 4) is 0 Å². The fraction of sp³-hybridized carbons (Fsp3) is 0. The zero-order valence-corrected chi connectivity index (χ0v) is 12.1. The molecular weight excluding hydrogens is 316 g/mol. The van der Waals surface area contributed by atoms with Gasteiger partial charge in [0.2, 0.25) is 0 Å². The lowest BCUT2D eigenvalue weighted by atomic mass is 10.2. The van der Waals surface area contributed by atoms with Crippen molar-refractivity contribution in [2.45, 2.75) is 4.90 Å². The zero-order chi connectivity index (χ0) is 12.1. The summed E-state index contributed by atoms with van der Waals surface area (Å²) < 4.78 is 1.08. The van der Waals surface area contributed by atoms with Crippen LogP contribution in [0.25, 0.3) is 4.48 Å². The van der Waals surface area contributed by atoms with Crippen LogP contribution in [0.1, 0.15) is 5.56 Å². The van der Waals surface area contributed by atoms with E-state index in [1.54, 1.807) is 11.8 Å². The minimum Gasteiger partial charge on any atom is -0.0969 e. The topological polar surface area (TPSA) is 0 Å². The minimum atomic E-state index is 0.764. The lowest BCUT2D eigenvalue weighted by Crippen LogP contribution is -1.73. The van der Waals surface area contributed by atoms with E-state index in [1.165, 1.54) is 10.5 Å². The summed E-state index contributed by atoms with van der Waals surface area (Å²) in [6.45, 7) is 0. The van der Waals surface area contributed by atoms with Gasteiger partial charge in [0.1, 0.15) is 0 Å². The molecule has 0 aliphatic heterocycles. The molecule has 0 atom stereocenters. The Labute approximate surface area is 119 Å². The molecule has 2 rings (SSSR count). The van der Waals surface area contributed by atoms with Gasteiger partial charge in [0.15, 0.2) is 0 Å². The molecule has 17 heavy (non-hydrogen) atoms. The molecule has 0 unspecified atom stereocenters. The molecule has 2 aromatic carbocycles. The van der Waals surface area contributed by atoms with E-state index in [-0.39, 0.29) is 0 Å². The van der Waals surface area contributed by atoms with Crippen LogP contribution in [0.5, 0.6) is 0 Å². The zero-order valence-electron chi connectivity index (χ0n) is 8.94. The van der Waals surface area contributed by atoms with Gasteiger partial charge in [-0.25, -0.2) is 0 Å². The third kappa shape index (κ3) is 3.91. The number of hydrogen-bond acceptors (Lipinski definition) is 1. The first kappa shape index (κ1) is 12.7. The third-order valence-electron chi connectivity index (χ3n) is 2.16. The average Bonchev–Trinajstić information content (AvgIpc) is 2.39. The van der Waals surface area contributed by atoms with E-state index in [0.717, 1.165) is 9.51 Å². The van der Waals surface area contributed by atoms with Crippen LogP contribution in [0.3, 0.4) is 0 Å². The van der Waals surface area contributed by atoms with Crippen LogP contribution in [0.15, 0.2) is 64.9 Å². The monoisotopic (exact) mass is 324 g/mol. The standard InChI is InChI=1S/C14H10BrClS/c15-14(11-4-2-1-3-5-11)10-17-13-8-6-12(16)7-9-13/h1-10H/b14-10+. The smallest absolute Gasteiger partial charge is 0.0406 e. The molecule has 0 radical (unpaired) electrons. The summed E-state index contributed by atoms with van der Waals surface area (Å²) in [7, 11) is 0. The lowest BCUT2D eigenvalue weighted by Gasteiger charge is -2.00. The summed E-state index contributed by atoms with van der Waals surface area (Å²) in [5.41, 5.74) is 1.17. The maximum atomic E-state index is 5.84. The van der Waals surface area contributed by atoms with Crippen LogP contribution in [0.4, 0.5) is 0 Å². The van der Waals surface area contributed by atoms with Gasteiger partial charge in [0, 0.05) is 14.4 Å². The molecule has 0 nitrogen and oxygen atoms in total. The van der Waals surface area contributed by atoms with Gasteiger partial charge in [0.25, 0.3) is 0 Å². The first-order chi connectivity index (χ1) is 8.25. The van der Waals surface area contributed by atoms with E-state index < -0.39 is 0 Å². The van der Waals surface area contributed by atoms with E-state index in [0.29, 0.717) is 0 Å². The molecule has 86 valence electrons. The molecule has 0 aliphatic rings. The van der Waals surface area contributed by atoms with Crippen molar-refractivity contribution < 1.29 is 0 Å². The third-order valence-corrected chi connectivity index (χ3v) is 4.30. The first-order valence-electron chi connectivity index (χ1n) is 5.09. The van der Waals surface area contributed by atoms with E-state index >= 15 is 0 Å². The van der Waals surface area contributed by atoms with Gasteiger partial charge < -0.3 is 0 Å². The largest absolute Gasteiger partial charge is 0.0969 e. The number of benzene rings is 2. The van der Waals surface area contributed by atoms with Crippen LogP contribution >= 0.6 is 39.3 Å². The van der Waals surface area contributed by atoms with E-state index in [1.807, 2.05) is 42.5 Å². The summed E-state index contributed by atoms with van der Waals surface area (Å²) in [6.07, 6.45) is 0. The molecule has 0 bridgehead atoms. The fourth-order valence-electron chi connectivity index (χ4n) is 1.30. The number of thioether (sulfide) groups is 1. The summed E-state index contributed by atoms with van der Waals surface area (Å²) in [5.74, 6) is 0. The van der Waals surface area contributed by atoms with Gasteiger partial charge >= 0.3 is 0 Å². The van der Waals surface area contributed by atoms with Crippen molar-refractivity contribution in [1.82, 2.24) is 0 Å². The Balaban J connectivity index is 2.08. The molecule has 0 heterocycles. The fourth-order valence-corrected chi connectivity index (χ4v) is 2.64. The van der Waals surface area contributed by atoms with Gasteiger partial charge in [-0.15, -0.1) is 0 Å². The van der Waals surface area contributed by atoms with Crippen molar-refractivity contribution in [2.75, 3.05) is 0 Å². The Morgan fingerprint density at radius 2 is 1.65 bits per heavy atom. The van der Waals surface area contributed by atoms with Gasteiger partial charge in [0.05, 0.1) is 0 Å². The van der Waals surface area contributed by atoms with E-state index in [2.05, 4.69) is 33.5 Å². The van der Waals surface area contributed by atoms with Crippen molar-refractivity contribution >= 4 is 43.8 Å². The van der Waals surface area contributed by atoms with Crippen LogP contribution < -0.4 is 0 Å². The normalized spacial score (nSPS) is 11.5. The Kier molecular flexibility index (Phi) is 4.72. The Morgan fingerprint density at radius 3 is 2.29 bits per heavy atom. The van der Waals surface area contributed by atoms with Crippen LogP contribution in [-0.4, -0.2) is 0 Å². The van der Waals surface area contributed by atoms with Crippen LogP contribution in [0.2, 0.25) is 5.02 Å². The molecule has 0 aliphatic carbocycles. The molecule has 0 N–H and O–H groups in total. The number of halogens is 2. The molecule has 0 aromatic heterocycles. The molecule has 0 spiro atoms. The number of hydrogen-bond donors (Lipinski definition) is 0. The van der Waals surface area contributed by atoms with Gasteiger partial charge in [-0.05, 0) is 51.2 Å². The first-order valence-corrected chi connectivity index (χ1v) is 7.14. The van der Waals surface area contributed by atoms with Crippen LogP contribution in [0, 0.1) is 0 Å². The molecular formula is C14H10BrClS. The summed E-state index contributed by atoms with van der Waals surface area (Å²) >= 11 is 11.1. The molecule has 3 heteroatoms. The molecule has 2 aromatic rings. The second-order valence-corrected chi connectivity index (χ2v) is 5.64. The van der Waals surface area contributed by atoms with E-state index in [4.69, 9.17) is 11.6 Å². The second-order valence-electron chi connectivity index (χ2n) is 3.40. The Bertz CT molecular complexity index is 506. The Hall–Kier alpha value is -0.700. The minimum absolute atomic E-state index is 0.764. The molecule has 0 saturated heterocycles. The second kappa shape index (κ2) is 6.29. The SMILES string of the molecule is Clc1ccc(S/C=C(/Br)c2ccccc2)cc1. The maximum absolute atomic E-state index is 5.84. The van der Waals surface area contributed by atoms with Crippen molar-refractivity contribution in [2.24, 2.45) is 0 Å². The highest BCUT2D eigenvalue weighted by Gasteiger charge is 1.97. The quantitative estimate of drug-likeness (QED) is 0.640. The van der Waals surface area contributed by atoms with Crippen molar-refractivity contribution in [3.05, 3.63) is 70.6 Å². The maximum Gasteiger partial charge on any atom is 0.0406 e. The molecule has 0 amide bonds.